The van der Waals surface area contributed by atoms with E-state index in [0.717, 1.165) is 34.3 Å². The molecule has 2 aliphatic rings. The molecule has 0 aliphatic carbocycles. The van der Waals surface area contributed by atoms with Gasteiger partial charge in [-0.15, -0.1) is 0 Å². The second-order valence-corrected chi connectivity index (χ2v) is 9.99. The maximum Gasteiger partial charge on any atom is 0.231 e. The number of ether oxygens (including phenoxy) is 2. The fourth-order valence-electron chi connectivity index (χ4n) is 5.37. The van der Waals surface area contributed by atoms with Crippen molar-refractivity contribution in [3.63, 3.8) is 0 Å². The highest BCUT2D eigenvalue weighted by molar-refractivity contribution is 7.80. The lowest BCUT2D eigenvalue weighted by molar-refractivity contribution is 0.174. The Bertz CT molecular complexity index is 1470. The maximum atomic E-state index is 5.92. The van der Waals surface area contributed by atoms with Crippen LogP contribution in [0.1, 0.15) is 34.7 Å². The molecule has 0 amide bonds. The van der Waals surface area contributed by atoms with Crippen molar-refractivity contribution >= 4 is 28.7 Å². The summed E-state index contributed by atoms with van der Waals surface area (Å²) in [6.45, 7) is 4.56. The Hall–Kier alpha value is -4.04. The van der Waals surface area contributed by atoms with Gasteiger partial charge in [0.15, 0.2) is 16.6 Å². The second-order valence-electron chi connectivity index (χ2n) is 9.61. The van der Waals surface area contributed by atoms with Gasteiger partial charge in [0.1, 0.15) is 0 Å². The number of rotatable bonds is 5. The third-order valence-electron chi connectivity index (χ3n) is 7.15. The highest BCUT2D eigenvalue weighted by Gasteiger charge is 2.42. The minimum absolute atomic E-state index is 0.108. The highest BCUT2D eigenvalue weighted by Crippen LogP contribution is 2.46. The summed E-state index contributed by atoms with van der Waals surface area (Å²) in [6.07, 6.45) is 1.83. The lowest BCUT2D eigenvalue weighted by atomic mass is 9.96. The minimum Gasteiger partial charge on any atom is -0.454 e. The zero-order valence-electron chi connectivity index (χ0n) is 21.3. The van der Waals surface area contributed by atoms with Crippen molar-refractivity contribution in [1.82, 2.24) is 14.9 Å². The van der Waals surface area contributed by atoms with Gasteiger partial charge in [0.2, 0.25) is 6.79 Å². The van der Waals surface area contributed by atoms with Crippen LogP contribution in [0.5, 0.6) is 11.5 Å². The smallest absolute Gasteiger partial charge is 0.231 e. The Morgan fingerprint density at radius 2 is 1.70 bits per heavy atom. The van der Waals surface area contributed by atoms with Crippen molar-refractivity contribution in [3.8, 4) is 17.2 Å². The Kier molecular flexibility index (Phi) is 5.76. The van der Waals surface area contributed by atoms with Crippen molar-refractivity contribution in [2.75, 3.05) is 30.7 Å². The molecule has 0 saturated carbocycles. The predicted octanol–water partition coefficient (Wildman–Crippen LogP) is 5.46. The Labute approximate surface area is 222 Å². The Balaban J connectivity index is 1.48. The number of nitrogens with one attached hydrogen (secondary N) is 1. The number of hydrogen-bond donors (Lipinski definition) is 1. The van der Waals surface area contributed by atoms with E-state index in [1.54, 1.807) is 0 Å². The molecular formula is C29H29N5O2S. The molecule has 1 saturated heterocycles. The van der Waals surface area contributed by atoms with Gasteiger partial charge in [0.25, 0.3) is 0 Å². The molecule has 4 heterocycles. The van der Waals surface area contributed by atoms with Crippen LogP contribution >= 0.6 is 12.2 Å². The number of nitrogens with zero attached hydrogens (tertiary/aromatic N) is 4. The predicted molar refractivity (Wildman–Crippen MR) is 150 cm³/mol. The van der Waals surface area contributed by atoms with Gasteiger partial charge in [-0.1, -0.05) is 6.07 Å². The summed E-state index contributed by atoms with van der Waals surface area (Å²) >= 11 is 5.92. The first-order chi connectivity index (χ1) is 17.9. The van der Waals surface area contributed by atoms with Gasteiger partial charge in [0.05, 0.1) is 17.8 Å². The van der Waals surface area contributed by atoms with E-state index in [0.29, 0.717) is 5.11 Å². The molecule has 37 heavy (non-hydrogen) atoms. The fourth-order valence-corrected chi connectivity index (χ4v) is 5.71. The average molecular weight is 512 g/mol. The van der Waals surface area contributed by atoms with Crippen LogP contribution < -0.4 is 24.6 Å². The zero-order valence-corrected chi connectivity index (χ0v) is 22.1. The van der Waals surface area contributed by atoms with Crippen LogP contribution in [0.4, 0.5) is 11.4 Å². The van der Waals surface area contributed by atoms with Crippen LogP contribution in [-0.4, -0.2) is 35.6 Å². The van der Waals surface area contributed by atoms with Gasteiger partial charge in [0, 0.05) is 54.8 Å². The topological polar surface area (TPSA) is 54.8 Å². The molecule has 2 aliphatic heterocycles. The number of benzene rings is 2. The fraction of sp³-hybridized carbons (Fsp3) is 0.241. The summed E-state index contributed by atoms with van der Waals surface area (Å²) in [6, 6.07) is 22.7. The van der Waals surface area contributed by atoms with Crippen LogP contribution in [0, 0.1) is 13.8 Å². The van der Waals surface area contributed by atoms with E-state index in [1.165, 1.54) is 16.9 Å². The van der Waals surface area contributed by atoms with E-state index in [-0.39, 0.29) is 18.9 Å². The summed E-state index contributed by atoms with van der Waals surface area (Å²) in [5.74, 6) is 1.48. The third kappa shape index (κ3) is 3.97. The van der Waals surface area contributed by atoms with E-state index < -0.39 is 0 Å². The summed E-state index contributed by atoms with van der Waals surface area (Å²) in [7, 11) is 4.11. The van der Waals surface area contributed by atoms with Gasteiger partial charge in [-0.05, 0) is 86.2 Å². The molecule has 4 aromatic rings. The SMILES string of the molecule is Cc1cc([C@@H]2[C@@H](c3ccccn3)NC(=S)N2c2ccc3c(c2)OCO3)c(C)n1-c1ccc(N(C)C)cc1. The molecule has 1 fully saturated rings. The lowest BCUT2D eigenvalue weighted by Gasteiger charge is -2.28. The molecule has 8 heteroatoms. The first-order valence-corrected chi connectivity index (χ1v) is 12.7. The quantitative estimate of drug-likeness (QED) is 0.357. The van der Waals surface area contributed by atoms with Crippen LogP contribution in [0.15, 0.2) is 72.9 Å². The van der Waals surface area contributed by atoms with Crippen molar-refractivity contribution < 1.29 is 9.47 Å². The molecule has 2 atom stereocenters. The van der Waals surface area contributed by atoms with Crippen LogP contribution in [0.2, 0.25) is 0 Å². The Morgan fingerprint density at radius 1 is 0.946 bits per heavy atom. The third-order valence-corrected chi connectivity index (χ3v) is 7.46. The van der Waals surface area contributed by atoms with Crippen LogP contribution in [0.3, 0.4) is 0 Å². The molecule has 2 aromatic heterocycles. The van der Waals surface area contributed by atoms with E-state index in [2.05, 4.69) is 84.0 Å². The van der Waals surface area contributed by atoms with Crippen LogP contribution in [-0.2, 0) is 0 Å². The van der Waals surface area contributed by atoms with Crippen LogP contribution in [0.25, 0.3) is 5.69 Å². The van der Waals surface area contributed by atoms with Gasteiger partial charge in [-0.2, -0.15) is 0 Å². The summed E-state index contributed by atoms with van der Waals surface area (Å²) in [4.78, 5) is 8.98. The second kappa shape index (κ2) is 9.12. The monoisotopic (exact) mass is 511 g/mol. The van der Waals surface area contributed by atoms with Gasteiger partial charge >= 0.3 is 0 Å². The number of thiocarbonyl (C=S) groups is 1. The van der Waals surface area contributed by atoms with Gasteiger partial charge in [-0.25, -0.2) is 0 Å². The molecule has 1 N–H and O–H groups in total. The number of hydrogen-bond acceptors (Lipinski definition) is 5. The summed E-state index contributed by atoms with van der Waals surface area (Å²) in [5.41, 5.74) is 7.70. The molecular weight excluding hydrogens is 482 g/mol. The summed E-state index contributed by atoms with van der Waals surface area (Å²) in [5, 5.41) is 4.21. The van der Waals surface area contributed by atoms with Gasteiger partial charge in [-0.3, -0.25) is 4.98 Å². The number of aryl methyl sites for hydroxylation is 1. The number of fused-ring (bicyclic) bond motifs is 1. The normalized spacial score (nSPS) is 18.3. The van der Waals surface area contributed by atoms with Crippen molar-refractivity contribution in [2.24, 2.45) is 0 Å². The summed E-state index contributed by atoms with van der Waals surface area (Å²) < 4.78 is 13.5. The minimum atomic E-state index is -0.121. The molecule has 2 aromatic carbocycles. The van der Waals surface area contributed by atoms with Crippen molar-refractivity contribution in [1.29, 1.82) is 0 Å². The Morgan fingerprint density at radius 3 is 2.43 bits per heavy atom. The standard InChI is InChI=1S/C29H29N5O2S/c1-18-15-23(19(2)33(18)21-10-8-20(9-11-21)32(3)4)28-27(24-7-5-6-14-30-24)31-29(37)34(28)22-12-13-25-26(16-22)36-17-35-25/h5-16,27-28H,17H2,1-4H3,(H,31,37)/t27-,28-/m1/s1. The van der Waals surface area contributed by atoms with E-state index >= 15 is 0 Å². The largest absolute Gasteiger partial charge is 0.454 e. The molecule has 188 valence electrons. The van der Waals surface area contributed by atoms with E-state index in [9.17, 15) is 0 Å². The number of anilines is 2. The molecule has 0 spiro atoms. The zero-order chi connectivity index (χ0) is 25.7. The van der Waals surface area contributed by atoms with Crippen molar-refractivity contribution in [3.05, 3.63) is 95.6 Å². The molecule has 0 bridgehead atoms. The average Bonchev–Trinajstić information content (AvgIpc) is 3.59. The maximum absolute atomic E-state index is 5.92. The number of aromatic nitrogens is 2. The molecule has 0 unspecified atom stereocenters. The molecule has 7 nitrogen and oxygen atoms in total. The molecule has 6 rings (SSSR count). The van der Waals surface area contributed by atoms with Crippen molar-refractivity contribution in [2.45, 2.75) is 25.9 Å². The van der Waals surface area contributed by atoms with Gasteiger partial charge < -0.3 is 29.2 Å². The number of pyridine rings is 1. The lowest BCUT2D eigenvalue weighted by Crippen LogP contribution is -2.29. The van der Waals surface area contributed by atoms with E-state index in [1.807, 2.05) is 36.5 Å². The first-order valence-electron chi connectivity index (χ1n) is 12.3. The first kappa shape index (κ1) is 23.4. The highest BCUT2D eigenvalue weighted by atomic mass is 32.1. The molecule has 0 radical (unpaired) electrons. The van der Waals surface area contributed by atoms with E-state index in [4.69, 9.17) is 26.7 Å².